The molecule has 0 saturated carbocycles. The van der Waals surface area contributed by atoms with Gasteiger partial charge in [0.15, 0.2) is 0 Å². The summed E-state index contributed by atoms with van der Waals surface area (Å²) in [5.74, 6) is -0.0842. The number of halogens is 1. The Hall–Kier alpha value is -2.76. The van der Waals surface area contributed by atoms with Gasteiger partial charge in [-0.2, -0.15) is 0 Å². The molecule has 0 bridgehead atoms. The number of amides is 1. The largest absolute Gasteiger partial charge is 0.348 e. The summed E-state index contributed by atoms with van der Waals surface area (Å²) in [5.41, 5.74) is 1.81. The van der Waals surface area contributed by atoms with Crippen LogP contribution in [0, 0.1) is 5.82 Å². The van der Waals surface area contributed by atoms with E-state index in [9.17, 15) is 9.18 Å². The van der Waals surface area contributed by atoms with Crippen molar-refractivity contribution in [2.75, 3.05) is 13.1 Å². The highest BCUT2D eigenvalue weighted by atomic mass is 19.1. The Labute approximate surface area is 138 Å². The molecule has 0 spiro atoms. The molecule has 3 heterocycles. The molecular formula is C18H17FN4O. The molecule has 1 N–H and O–H groups in total. The van der Waals surface area contributed by atoms with Gasteiger partial charge in [0.25, 0.3) is 5.91 Å². The van der Waals surface area contributed by atoms with Crippen LogP contribution >= 0.6 is 0 Å². The van der Waals surface area contributed by atoms with Gasteiger partial charge in [-0.25, -0.2) is 4.39 Å². The second-order valence-electron chi connectivity index (χ2n) is 6.08. The third-order valence-electron chi connectivity index (χ3n) is 4.62. The first kappa shape index (κ1) is 14.8. The molecule has 3 aromatic rings. The number of likely N-dealkylation sites (tertiary alicyclic amines) is 1. The van der Waals surface area contributed by atoms with Crippen LogP contribution in [0.4, 0.5) is 4.39 Å². The predicted octanol–water partition coefficient (Wildman–Crippen LogP) is 3.12. The molecule has 0 radical (unpaired) electrons. The standard InChI is InChI=1S/C18H17FN4O/c19-14-3-1-2-13-10-15(22-17(13)14)18(24)23-8-4-12(5-9-23)16-11-20-6-7-21-16/h1-3,6-7,10-12,22H,4-5,8-9H2. The van der Waals surface area contributed by atoms with Gasteiger partial charge in [0.2, 0.25) is 0 Å². The Bertz CT molecular complexity index is 869. The molecule has 1 fully saturated rings. The highest BCUT2D eigenvalue weighted by molar-refractivity contribution is 5.98. The van der Waals surface area contributed by atoms with Crippen LogP contribution in [0.5, 0.6) is 0 Å². The molecule has 1 aliphatic heterocycles. The van der Waals surface area contributed by atoms with Crippen molar-refractivity contribution in [3.8, 4) is 0 Å². The van der Waals surface area contributed by atoms with Crippen molar-refractivity contribution in [3.63, 3.8) is 0 Å². The van der Waals surface area contributed by atoms with Gasteiger partial charge in [0.1, 0.15) is 11.5 Å². The Morgan fingerprint density at radius 3 is 2.79 bits per heavy atom. The van der Waals surface area contributed by atoms with E-state index >= 15 is 0 Å². The number of hydrogen-bond donors (Lipinski definition) is 1. The van der Waals surface area contributed by atoms with Crippen molar-refractivity contribution in [3.05, 3.63) is 60.1 Å². The van der Waals surface area contributed by atoms with Gasteiger partial charge in [-0.15, -0.1) is 0 Å². The SMILES string of the molecule is O=C(c1cc2cccc(F)c2[nH]1)N1CCC(c2cnccn2)CC1. The van der Waals surface area contributed by atoms with E-state index in [1.165, 1.54) is 6.07 Å². The number of rotatable bonds is 2. The monoisotopic (exact) mass is 324 g/mol. The molecule has 1 saturated heterocycles. The first-order valence-electron chi connectivity index (χ1n) is 8.05. The number of para-hydroxylation sites is 1. The van der Waals surface area contributed by atoms with Crippen LogP contribution < -0.4 is 0 Å². The number of piperidine rings is 1. The van der Waals surface area contributed by atoms with E-state index in [0.29, 0.717) is 35.6 Å². The maximum Gasteiger partial charge on any atom is 0.270 e. The summed E-state index contributed by atoms with van der Waals surface area (Å²) in [6.07, 6.45) is 6.88. The van der Waals surface area contributed by atoms with Crippen molar-refractivity contribution in [2.45, 2.75) is 18.8 Å². The van der Waals surface area contributed by atoms with Crippen LogP contribution in [0.1, 0.15) is 34.9 Å². The minimum Gasteiger partial charge on any atom is -0.348 e. The summed E-state index contributed by atoms with van der Waals surface area (Å²) in [5, 5.41) is 0.716. The Balaban J connectivity index is 1.48. The molecule has 1 aromatic carbocycles. The highest BCUT2D eigenvalue weighted by Gasteiger charge is 2.26. The molecule has 2 aromatic heterocycles. The minimum absolute atomic E-state index is 0.0804. The number of aromatic nitrogens is 3. The molecule has 0 aliphatic carbocycles. The number of hydrogen-bond acceptors (Lipinski definition) is 3. The summed E-state index contributed by atoms with van der Waals surface area (Å²) in [6.45, 7) is 1.33. The van der Waals surface area contributed by atoms with Gasteiger partial charge < -0.3 is 9.88 Å². The van der Waals surface area contributed by atoms with Gasteiger partial charge in [-0.3, -0.25) is 14.8 Å². The van der Waals surface area contributed by atoms with E-state index in [1.54, 1.807) is 36.8 Å². The average Bonchev–Trinajstić information content (AvgIpc) is 3.08. The van der Waals surface area contributed by atoms with Crippen molar-refractivity contribution in [1.82, 2.24) is 19.9 Å². The van der Waals surface area contributed by atoms with E-state index in [1.807, 2.05) is 4.90 Å². The normalized spacial score (nSPS) is 15.8. The lowest BCUT2D eigenvalue weighted by Crippen LogP contribution is -2.38. The number of nitrogens with zero attached hydrogens (tertiary/aromatic N) is 3. The molecule has 4 rings (SSSR count). The number of fused-ring (bicyclic) bond motifs is 1. The Kier molecular flexibility index (Phi) is 3.72. The van der Waals surface area contributed by atoms with E-state index in [-0.39, 0.29) is 11.7 Å². The number of nitrogens with one attached hydrogen (secondary N) is 1. The number of benzene rings is 1. The molecule has 1 amide bonds. The average molecular weight is 324 g/mol. The summed E-state index contributed by atoms with van der Waals surface area (Å²) in [7, 11) is 0. The Morgan fingerprint density at radius 1 is 1.25 bits per heavy atom. The van der Waals surface area contributed by atoms with Crippen molar-refractivity contribution >= 4 is 16.8 Å². The maximum absolute atomic E-state index is 13.8. The number of carbonyl (C=O) groups is 1. The van der Waals surface area contributed by atoms with Gasteiger partial charge >= 0.3 is 0 Å². The number of aromatic amines is 1. The number of H-pyrrole nitrogens is 1. The minimum atomic E-state index is -0.340. The fourth-order valence-electron chi connectivity index (χ4n) is 3.30. The van der Waals surface area contributed by atoms with Gasteiger partial charge in [0, 0.05) is 43.0 Å². The zero-order chi connectivity index (χ0) is 16.5. The molecule has 1 aliphatic rings. The van der Waals surface area contributed by atoms with Crippen LogP contribution in [0.2, 0.25) is 0 Å². The zero-order valence-electron chi connectivity index (χ0n) is 13.1. The maximum atomic E-state index is 13.8. The second kappa shape index (κ2) is 6.03. The van der Waals surface area contributed by atoms with Gasteiger partial charge in [-0.05, 0) is 25.0 Å². The van der Waals surface area contributed by atoms with E-state index < -0.39 is 0 Å². The van der Waals surface area contributed by atoms with Crippen LogP contribution in [-0.4, -0.2) is 38.8 Å². The lowest BCUT2D eigenvalue weighted by atomic mass is 9.93. The van der Waals surface area contributed by atoms with E-state index in [2.05, 4.69) is 15.0 Å². The van der Waals surface area contributed by atoms with Gasteiger partial charge in [-0.1, -0.05) is 12.1 Å². The first-order valence-corrected chi connectivity index (χ1v) is 8.05. The van der Waals surface area contributed by atoms with Crippen LogP contribution in [0.15, 0.2) is 42.9 Å². The van der Waals surface area contributed by atoms with Crippen molar-refractivity contribution in [1.29, 1.82) is 0 Å². The molecule has 122 valence electrons. The smallest absolute Gasteiger partial charge is 0.270 e. The topological polar surface area (TPSA) is 61.9 Å². The summed E-state index contributed by atoms with van der Waals surface area (Å²) < 4.78 is 13.8. The summed E-state index contributed by atoms with van der Waals surface area (Å²) in [6, 6.07) is 6.55. The summed E-state index contributed by atoms with van der Waals surface area (Å²) in [4.78, 5) is 25.9. The fraction of sp³-hybridized carbons (Fsp3) is 0.278. The van der Waals surface area contributed by atoms with E-state index in [0.717, 1.165) is 18.5 Å². The molecule has 0 unspecified atom stereocenters. The van der Waals surface area contributed by atoms with Crippen LogP contribution in [0.25, 0.3) is 10.9 Å². The van der Waals surface area contributed by atoms with Crippen LogP contribution in [-0.2, 0) is 0 Å². The van der Waals surface area contributed by atoms with Crippen molar-refractivity contribution in [2.24, 2.45) is 0 Å². The summed E-state index contributed by atoms with van der Waals surface area (Å²) >= 11 is 0. The van der Waals surface area contributed by atoms with Crippen molar-refractivity contribution < 1.29 is 9.18 Å². The quantitative estimate of drug-likeness (QED) is 0.788. The first-order chi connectivity index (χ1) is 11.7. The third-order valence-corrected chi connectivity index (χ3v) is 4.62. The third kappa shape index (κ3) is 2.64. The Morgan fingerprint density at radius 2 is 2.08 bits per heavy atom. The zero-order valence-corrected chi connectivity index (χ0v) is 13.1. The molecule has 24 heavy (non-hydrogen) atoms. The molecule has 6 heteroatoms. The molecular weight excluding hydrogens is 307 g/mol. The lowest BCUT2D eigenvalue weighted by molar-refractivity contribution is 0.0707. The van der Waals surface area contributed by atoms with Crippen LogP contribution in [0.3, 0.4) is 0 Å². The molecule has 5 nitrogen and oxygen atoms in total. The second-order valence-corrected chi connectivity index (χ2v) is 6.08. The highest BCUT2D eigenvalue weighted by Crippen LogP contribution is 2.27. The fourth-order valence-corrected chi connectivity index (χ4v) is 3.30. The molecule has 0 atom stereocenters. The van der Waals surface area contributed by atoms with Gasteiger partial charge in [0.05, 0.1) is 11.2 Å². The number of carbonyl (C=O) groups excluding carboxylic acids is 1. The predicted molar refractivity (Wildman–Crippen MR) is 88.2 cm³/mol. The lowest BCUT2D eigenvalue weighted by Gasteiger charge is -2.31. The van der Waals surface area contributed by atoms with E-state index in [4.69, 9.17) is 0 Å².